The van der Waals surface area contributed by atoms with Crippen LogP contribution in [0.5, 0.6) is 0 Å². The van der Waals surface area contributed by atoms with Crippen LogP contribution in [0.1, 0.15) is 49.1 Å². The lowest BCUT2D eigenvalue weighted by Gasteiger charge is -2.18. The lowest BCUT2D eigenvalue weighted by atomic mass is 10.1. The van der Waals surface area contributed by atoms with Crippen LogP contribution in [0, 0.1) is 0 Å². The van der Waals surface area contributed by atoms with Crippen LogP contribution in [0.3, 0.4) is 0 Å². The molecule has 24 heavy (non-hydrogen) atoms. The quantitative estimate of drug-likeness (QED) is 0.861. The zero-order valence-corrected chi connectivity index (χ0v) is 15.2. The van der Waals surface area contributed by atoms with E-state index >= 15 is 0 Å². The van der Waals surface area contributed by atoms with Crippen LogP contribution >= 0.6 is 23.4 Å². The van der Waals surface area contributed by atoms with E-state index in [0.29, 0.717) is 22.2 Å². The molecule has 1 aromatic heterocycles. The first-order valence-corrected chi connectivity index (χ1v) is 9.49. The van der Waals surface area contributed by atoms with Crippen molar-refractivity contribution in [2.24, 2.45) is 0 Å². The highest BCUT2D eigenvalue weighted by Crippen LogP contribution is 2.40. The molecule has 0 fully saturated rings. The van der Waals surface area contributed by atoms with E-state index in [9.17, 15) is 9.59 Å². The van der Waals surface area contributed by atoms with Crippen molar-refractivity contribution < 1.29 is 4.79 Å². The number of carbonyl (C=O) groups is 1. The molecule has 0 radical (unpaired) electrons. The van der Waals surface area contributed by atoms with Crippen molar-refractivity contribution in [1.29, 1.82) is 0 Å². The molecule has 0 aliphatic carbocycles. The second-order valence-corrected chi connectivity index (χ2v) is 7.36. The monoisotopic (exact) mass is 365 g/mol. The van der Waals surface area contributed by atoms with Crippen molar-refractivity contribution in [2.75, 3.05) is 11.1 Å². The van der Waals surface area contributed by atoms with Gasteiger partial charge in [-0.3, -0.25) is 19.4 Å². The number of H-pyrrole nitrogens is 1. The molecule has 0 saturated carbocycles. The normalized spacial score (nSPS) is 17.5. The number of aromatic amines is 1. The zero-order valence-electron chi connectivity index (χ0n) is 13.6. The third kappa shape index (κ3) is 3.13. The third-order valence-corrected chi connectivity index (χ3v) is 5.87. The van der Waals surface area contributed by atoms with Crippen LogP contribution in [0.2, 0.25) is 5.02 Å². The summed E-state index contributed by atoms with van der Waals surface area (Å²) in [7, 11) is 0. The van der Waals surface area contributed by atoms with E-state index in [-0.39, 0.29) is 22.8 Å². The predicted octanol–water partition coefficient (Wildman–Crippen LogP) is 3.97. The summed E-state index contributed by atoms with van der Waals surface area (Å²) in [5.41, 5.74) is 1.43. The Labute approximate surface area is 149 Å². The molecule has 7 heteroatoms. The summed E-state index contributed by atoms with van der Waals surface area (Å²) in [6.07, 6.45) is 1.75. The smallest absolute Gasteiger partial charge is 0.270 e. The molecule has 2 N–H and O–H groups in total. The van der Waals surface area contributed by atoms with E-state index in [2.05, 4.69) is 24.3 Å². The van der Waals surface area contributed by atoms with Gasteiger partial charge in [-0.05, 0) is 30.5 Å². The van der Waals surface area contributed by atoms with Crippen LogP contribution in [0.4, 0.5) is 5.82 Å². The van der Waals surface area contributed by atoms with E-state index in [1.807, 2.05) is 28.9 Å². The molecule has 0 unspecified atom stereocenters. The van der Waals surface area contributed by atoms with Gasteiger partial charge in [-0.15, -0.1) is 11.8 Å². The van der Waals surface area contributed by atoms with Crippen LogP contribution in [-0.2, 0) is 4.79 Å². The first-order chi connectivity index (χ1) is 11.5. The minimum absolute atomic E-state index is 0.0866. The van der Waals surface area contributed by atoms with Gasteiger partial charge in [-0.25, -0.2) is 0 Å². The second kappa shape index (κ2) is 7.07. The average molecular weight is 366 g/mol. The van der Waals surface area contributed by atoms with Crippen molar-refractivity contribution >= 4 is 35.1 Å². The number of thioether (sulfide) groups is 1. The largest absolute Gasteiger partial charge is 0.310 e. The van der Waals surface area contributed by atoms with Gasteiger partial charge in [0.25, 0.3) is 5.56 Å². The van der Waals surface area contributed by atoms with Crippen molar-refractivity contribution in [3.63, 3.8) is 0 Å². The number of amides is 1. The average Bonchev–Trinajstić information content (AvgIpc) is 2.77. The topological polar surface area (TPSA) is 66.9 Å². The number of hydrogen-bond acceptors (Lipinski definition) is 3. The Morgan fingerprint density at radius 2 is 1.92 bits per heavy atom. The summed E-state index contributed by atoms with van der Waals surface area (Å²) in [6.45, 7) is 4.14. The minimum Gasteiger partial charge on any atom is -0.310 e. The lowest BCUT2D eigenvalue weighted by molar-refractivity contribution is -0.113. The van der Waals surface area contributed by atoms with Gasteiger partial charge in [0, 0.05) is 5.02 Å². The zero-order chi connectivity index (χ0) is 17.3. The molecule has 0 spiro atoms. The fourth-order valence-corrected chi connectivity index (χ4v) is 4.32. The number of carbonyl (C=O) groups excluding carboxylic acids is 1. The number of nitrogens with zero attached hydrogens (tertiary/aromatic N) is 1. The number of aromatic nitrogens is 2. The maximum absolute atomic E-state index is 12.7. The number of nitrogens with one attached hydrogen (secondary N) is 2. The Morgan fingerprint density at radius 3 is 2.54 bits per heavy atom. The van der Waals surface area contributed by atoms with E-state index < -0.39 is 0 Å². The molecule has 2 heterocycles. The first-order valence-electron chi connectivity index (χ1n) is 8.06. The molecule has 1 aromatic carbocycles. The maximum atomic E-state index is 12.7. The van der Waals surface area contributed by atoms with E-state index in [1.165, 1.54) is 11.8 Å². The summed E-state index contributed by atoms with van der Waals surface area (Å²) in [6, 6.07) is 7.59. The molecule has 128 valence electrons. The van der Waals surface area contributed by atoms with E-state index in [1.54, 1.807) is 0 Å². The number of halogens is 1. The molecule has 0 bridgehead atoms. The predicted molar refractivity (Wildman–Crippen MR) is 99.1 cm³/mol. The third-order valence-electron chi connectivity index (χ3n) is 4.34. The van der Waals surface area contributed by atoms with Gasteiger partial charge in [-0.2, -0.15) is 0 Å². The van der Waals surface area contributed by atoms with Gasteiger partial charge in [0.05, 0.1) is 22.6 Å². The highest BCUT2D eigenvalue weighted by atomic mass is 35.5. The number of rotatable bonds is 4. The molecule has 0 saturated heterocycles. The van der Waals surface area contributed by atoms with Gasteiger partial charge in [0.2, 0.25) is 5.91 Å². The fraction of sp³-hybridized carbons (Fsp3) is 0.412. The maximum Gasteiger partial charge on any atom is 0.270 e. The Balaban J connectivity index is 2.15. The number of anilines is 1. The highest BCUT2D eigenvalue weighted by molar-refractivity contribution is 8.00. The van der Waals surface area contributed by atoms with Crippen LogP contribution in [-0.4, -0.2) is 21.4 Å². The Kier molecular flexibility index (Phi) is 5.06. The molecular formula is C17H20ClN3O2S. The summed E-state index contributed by atoms with van der Waals surface area (Å²) >= 11 is 7.44. The van der Waals surface area contributed by atoms with Crippen molar-refractivity contribution in [3.8, 4) is 0 Å². The standard InChI is InChI=1S/C17H20ClN3O2S/c1-3-12(4-2)21-16-14(17(23)20-21)15(24-9-13(22)19-16)10-5-7-11(18)8-6-10/h5-8,12,15H,3-4,9H2,1-2H3,(H,19,22)(H,20,23)/t15-/m1/s1. The lowest BCUT2D eigenvalue weighted by Crippen LogP contribution is -2.19. The van der Waals surface area contributed by atoms with Crippen LogP contribution in [0.15, 0.2) is 29.1 Å². The summed E-state index contributed by atoms with van der Waals surface area (Å²) < 4.78 is 1.82. The van der Waals surface area contributed by atoms with Gasteiger partial charge in [0.15, 0.2) is 0 Å². The number of hydrogen-bond donors (Lipinski definition) is 2. The Hall–Kier alpha value is -1.66. The minimum atomic E-state index is -0.199. The molecule has 3 rings (SSSR count). The van der Waals surface area contributed by atoms with Crippen LogP contribution < -0.4 is 10.9 Å². The summed E-state index contributed by atoms with van der Waals surface area (Å²) in [5, 5.41) is 6.29. The first kappa shape index (κ1) is 17.2. The number of benzene rings is 1. The molecule has 1 aliphatic heterocycles. The van der Waals surface area contributed by atoms with Gasteiger partial charge < -0.3 is 5.32 Å². The molecule has 1 atom stereocenters. The molecule has 2 aromatic rings. The van der Waals surface area contributed by atoms with Gasteiger partial charge in [-0.1, -0.05) is 37.6 Å². The van der Waals surface area contributed by atoms with Gasteiger partial charge >= 0.3 is 0 Å². The second-order valence-electron chi connectivity index (χ2n) is 5.83. The summed E-state index contributed by atoms with van der Waals surface area (Å²) in [4.78, 5) is 24.8. The number of fused-ring (bicyclic) bond motifs is 1. The van der Waals surface area contributed by atoms with Crippen molar-refractivity contribution in [3.05, 3.63) is 50.8 Å². The van der Waals surface area contributed by atoms with Crippen LogP contribution in [0.25, 0.3) is 0 Å². The molecule has 1 aliphatic rings. The molecule has 5 nitrogen and oxygen atoms in total. The molecular weight excluding hydrogens is 346 g/mol. The Morgan fingerprint density at radius 1 is 1.25 bits per heavy atom. The Bertz CT molecular complexity index is 793. The summed E-state index contributed by atoms with van der Waals surface area (Å²) in [5.74, 6) is 0.824. The van der Waals surface area contributed by atoms with Gasteiger partial charge in [0.1, 0.15) is 5.82 Å². The fourth-order valence-electron chi connectivity index (χ4n) is 3.07. The SMILES string of the molecule is CCC(CC)n1[nH]c(=O)c2c1NC(=O)CS[C@@H]2c1ccc(Cl)cc1. The molecule has 1 amide bonds. The van der Waals surface area contributed by atoms with Crippen molar-refractivity contribution in [1.82, 2.24) is 9.78 Å². The highest BCUT2D eigenvalue weighted by Gasteiger charge is 2.31. The van der Waals surface area contributed by atoms with E-state index in [0.717, 1.165) is 18.4 Å². The van der Waals surface area contributed by atoms with Crippen molar-refractivity contribution in [2.45, 2.75) is 38.0 Å². The van der Waals surface area contributed by atoms with E-state index in [4.69, 9.17) is 11.6 Å².